The van der Waals surface area contributed by atoms with E-state index >= 15 is 0 Å². The maximum absolute atomic E-state index is 13.9. The van der Waals surface area contributed by atoms with Crippen molar-refractivity contribution in [3.63, 3.8) is 0 Å². The molecule has 1 atom stereocenters. The molecule has 0 saturated carbocycles. The molecule has 1 aromatic carbocycles. The summed E-state index contributed by atoms with van der Waals surface area (Å²) in [5.74, 6) is -21.2. The van der Waals surface area contributed by atoms with Gasteiger partial charge in [-0.2, -0.15) is 48.3 Å². The maximum atomic E-state index is 13.9. The van der Waals surface area contributed by atoms with Crippen LogP contribution in [0.4, 0.5) is 62.8 Å². The molecule has 1 rings (SSSR count). The van der Waals surface area contributed by atoms with E-state index in [-0.39, 0.29) is 0 Å². The minimum atomic E-state index is -7.38. The third kappa shape index (κ3) is 4.10. The third-order valence-electron chi connectivity index (χ3n) is 2.85. The number of hydrogen-bond donors (Lipinski definition) is 1. The molecule has 16 heteroatoms. The summed E-state index contributed by atoms with van der Waals surface area (Å²) in [6, 6.07) is 1.18. The molecule has 0 aromatic heterocycles. The number of carbonyl (C=O) groups excluding carboxylic acids is 1. The largest absolute Gasteiger partial charge is 0.462 e. The quantitative estimate of drug-likeness (QED) is 0.658. The lowest BCUT2D eigenvalue weighted by Crippen LogP contribution is -2.62. The number of anilines is 1. The van der Waals surface area contributed by atoms with Gasteiger partial charge in [-0.3, -0.25) is 9.53 Å². The topological polar surface area (TPSA) is 38.3 Å². The molecule has 160 valence electrons. The molecule has 0 fully saturated rings. The molecule has 1 amide bonds. The molecule has 0 heterocycles. The molecule has 0 aliphatic rings. The Morgan fingerprint density at radius 3 is 1.57 bits per heavy atom. The van der Waals surface area contributed by atoms with Gasteiger partial charge in [0, 0.05) is 0 Å². The van der Waals surface area contributed by atoms with Gasteiger partial charge in [0.25, 0.3) is 5.91 Å². The number of para-hydroxylation sites is 1. The molecule has 1 aromatic rings. The second-order valence-electron chi connectivity index (χ2n) is 4.83. The Morgan fingerprint density at radius 2 is 1.21 bits per heavy atom. The van der Waals surface area contributed by atoms with Crippen LogP contribution in [0, 0.1) is 11.6 Å². The number of amides is 1. The van der Waals surface area contributed by atoms with Crippen LogP contribution in [0.15, 0.2) is 18.2 Å². The number of rotatable bonds is 5. The van der Waals surface area contributed by atoms with E-state index < -0.39 is 53.5 Å². The van der Waals surface area contributed by atoms with E-state index in [0.29, 0.717) is 23.5 Å². The number of alkyl halides is 11. The van der Waals surface area contributed by atoms with Gasteiger partial charge in [-0.05, 0) is 12.1 Å². The van der Waals surface area contributed by atoms with Gasteiger partial charge < -0.3 is 5.32 Å². The van der Waals surface area contributed by atoms with Crippen molar-refractivity contribution >= 4 is 11.6 Å². The van der Waals surface area contributed by atoms with Crippen molar-refractivity contribution in [1.82, 2.24) is 0 Å². The second-order valence-corrected chi connectivity index (χ2v) is 4.83. The fraction of sp³-hybridized carbons (Fsp3) is 0.417. The van der Waals surface area contributed by atoms with Gasteiger partial charge in [0.2, 0.25) is 0 Å². The highest BCUT2D eigenvalue weighted by molar-refractivity contribution is 5.97. The van der Waals surface area contributed by atoms with Gasteiger partial charge in [0.15, 0.2) is 0 Å². The first-order valence-electron chi connectivity index (χ1n) is 6.31. The fourth-order valence-corrected chi connectivity index (χ4v) is 1.45. The molecule has 28 heavy (non-hydrogen) atoms. The van der Waals surface area contributed by atoms with E-state index in [1.54, 1.807) is 0 Å². The lowest BCUT2D eigenvalue weighted by atomic mass is 10.2. The van der Waals surface area contributed by atoms with Crippen LogP contribution in [0.25, 0.3) is 0 Å². The van der Waals surface area contributed by atoms with Crippen molar-refractivity contribution in [3.05, 3.63) is 29.8 Å². The second kappa shape index (κ2) is 6.97. The summed E-state index contributed by atoms with van der Waals surface area (Å²) in [5, 5.41) is 0.470. The van der Waals surface area contributed by atoms with E-state index in [1.165, 1.54) is 0 Å². The normalized spacial score (nSPS) is 15.9. The van der Waals surface area contributed by atoms with Crippen LogP contribution in [0.1, 0.15) is 0 Å². The van der Waals surface area contributed by atoms with E-state index in [4.69, 9.17) is 0 Å². The van der Waals surface area contributed by atoms with Gasteiger partial charge in [-0.15, -0.1) is 0 Å². The summed E-state index contributed by atoms with van der Waals surface area (Å²) in [7, 11) is 0. The molecule has 0 radical (unpaired) electrons. The van der Waals surface area contributed by atoms with Crippen LogP contribution < -0.4 is 5.32 Å². The summed E-state index contributed by atoms with van der Waals surface area (Å²) < 4.78 is 168. The highest BCUT2D eigenvalue weighted by Crippen LogP contribution is 2.51. The first kappa shape index (κ1) is 23.8. The van der Waals surface area contributed by atoms with Crippen LogP contribution in [-0.4, -0.2) is 36.1 Å². The van der Waals surface area contributed by atoms with Crippen LogP contribution in [0.5, 0.6) is 0 Å². The van der Waals surface area contributed by atoms with Gasteiger partial charge in [-0.1, -0.05) is 6.07 Å². The van der Waals surface area contributed by atoms with Crippen LogP contribution in [0.3, 0.4) is 0 Å². The van der Waals surface area contributed by atoms with Crippen molar-refractivity contribution < 1.29 is 66.6 Å². The Kier molecular flexibility index (Phi) is 5.92. The number of carbonyl (C=O) groups is 1. The average Bonchev–Trinajstić information content (AvgIpc) is 2.47. The zero-order chi connectivity index (χ0) is 22.3. The van der Waals surface area contributed by atoms with Gasteiger partial charge in [0.05, 0.1) is 0 Å². The van der Waals surface area contributed by atoms with Gasteiger partial charge >= 0.3 is 30.2 Å². The minimum absolute atomic E-state index is 0.291. The summed E-state index contributed by atoms with van der Waals surface area (Å²) in [6.07, 6.45) is -21.5. The highest BCUT2D eigenvalue weighted by atomic mass is 19.4. The van der Waals surface area contributed by atoms with Crippen molar-refractivity contribution in [2.45, 2.75) is 30.2 Å². The number of nitrogens with one attached hydrogen (secondary N) is 1. The standard InChI is InChI=1S/C12H4F13NO2/c13-4-2-1-3-5(14)6(4)26-7(27)8(15,10(18,19)20)28-12(24,25)9(16,17)11(21,22)23/h1-3H,(H,26,27). The molecule has 3 nitrogen and oxygen atoms in total. The van der Waals surface area contributed by atoms with Crippen LogP contribution in [-0.2, 0) is 9.53 Å². The summed E-state index contributed by atoms with van der Waals surface area (Å²) in [5.41, 5.74) is -1.85. The monoisotopic (exact) mass is 441 g/mol. The number of halogens is 13. The van der Waals surface area contributed by atoms with E-state index in [9.17, 15) is 61.9 Å². The SMILES string of the molecule is O=C(Nc1c(F)cccc1F)C(F)(OC(F)(F)C(F)(F)C(F)(F)F)C(F)(F)F. The van der Waals surface area contributed by atoms with Crippen molar-refractivity contribution in [2.24, 2.45) is 0 Å². The molecule has 0 spiro atoms. The molecular weight excluding hydrogens is 437 g/mol. The molecule has 0 aliphatic carbocycles. The summed E-state index contributed by atoms with van der Waals surface area (Å²) >= 11 is 0. The third-order valence-corrected chi connectivity index (χ3v) is 2.85. The lowest BCUT2D eigenvalue weighted by Gasteiger charge is -2.34. The Morgan fingerprint density at radius 1 is 0.786 bits per heavy atom. The first-order valence-corrected chi connectivity index (χ1v) is 6.31. The molecule has 1 N–H and O–H groups in total. The van der Waals surface area contributed by atoms with E-state index in [0.717, 1.165) is 0 Å². The fourth-order valence-electron chi connectivity index (χ4n) is 1.45. The summed E-state index contributed by atoms with van der Waals surface area (Å²) in [6.45, 7) is 0. The lowest BCUT2D eigenvalue weighted by molar-refractivity contribution is -0.472. The van der Waals surface area contributed by atoms with Crippen molar-refractivity contribution in [1.29, 1.82) is 0 Å². The smallest absolute Gasteiger partial charge is 0.316 e. The molecule has 0 bridgehead atoms. The Balaban J connectivity index is 3.39. The molecule has 0 saturated heterocycles. The average molecular weight is 441 g/mol. The highest BCUT2D eigenvalue weighted by Gasteiger charge is 2.79. The van der Waals surface area contributed by atoms with Crippen LogP contribution >= 0.6 is 0 Å². The zero-order valence-corrected chi connectivity index (χ0v) is 12.5. The first-order chi connectivity index (χ1) is 12.3. The van der Waals surface area contributed by atoms with E-state index in [2.05, 4.69) is 0 Å². The molecule has 0 aliphatic heterocycles. The Hall–Kier alpha value is -2.26. The van der Waals surface area contributed by atoms with Crippen molar-refractivity contribution in [2.75, 3.05) is 5.32 Å². The zero-order valence-electron chi connectivity index (χ0n) is 12.5. The number of benzene rings is 1. The number of hydrogen-bond acceptors (Lipinski definition) is 2. The maximum Gasteiger partial charge on any atom is 0.462 e. The van der Waals surface area contributed by atoms with Crippen molar-refractivity contribution in [3.8, 4) is 0 Å². The van der Waals surface area contributed by atoms with Gasteiger partial charge in [0.1, 0.15) is 17.3 Å². The minimum Gasteiger partial charge on any atom is -0.316 e. The molecular formula is C12H4F13NO2. The number of ether oxygens (including phenoxy) is 1. The van der Waals surface area contributed by atoms with E-state index in [1.807, 2.05) is 4.74 Å². The molecule has 1 unspecified atom stereocenters. The summed E-state index contributed by atoms with van der Waals surface area (Å²) in [4.78, 5) is 11.3. The predicted octanol–water partition coefficient (Wildman–Crippen LogP) is 4.94. The Bertz CT molecular complexity index is 722. The van der Waals surface area contributed by atoms with Gasteiger partial charge in [-0.25, -0.2) is 8.78 Å². The predicted molar refractivity (Wildman–Crippen MR) is 61.9 cm³/mol. The Labute approximate surface area is 145 Å². The van der Waals surface area contributed by atoms with Crippen LogP contribution in [0.2, 0.25) is 0 Å².